The van der Waals surface area contributed by atoms with Crippen molar-refractivity contribution in [3.05, 3.63) is 106 Å². The predicted octanol–water partition coefficient (Wildman–Crippen LogP) is 5.67. The lowest BCUT2D eigenvalue weighted by Crippen LogP contribution is -2.42. The molecule has 0 saturated heterocycles. The minimum atomic E-state index is -0.489. The summed E-state index contributed by atoms with van der Waals surface area (Å²) in [7, 11) is 0. The first kappa shape index (κ1) is 27.6. The first-order valence-electron chi connectivity index (χ1n) is 13.1. The van der Waals surface area contributed by atoms with Crippen LogP contribution in [0.15, 0.2) is 84.1 Å². The van der Waals surface area contributed by atoms with Gasteiger partial charge >= 0.3 is 5.97 Å². The van der Waals surface area contributed by atoms with Crippen LogP contribution in [-0.2, 0) is 25.7 Å². The molecule has 7 heteroatoms. The molecule has 0 radical (unpaired) electrons. The van der Waals surface area contributed by atoms with Gasteiger partial charge in [-0.2, -0.15) is 0 Å². The lowest BCUT2D eigenvalue weighted by molar-refractivity contribution is -0.140. The number of anilines is 1. The molecule has 0 aliphatic carbocycles. The number of ether oxygens (including phenoxy) is 2. The number of carbonyl (C=O) groups excluding carboxylic acids is 3. The van der Waals surface area contributed by atoms with Crippen molar-refractivity contribution in [1.82, 2.24) is 4.90 Å². The largest absolute Gasteiger partial charge is 0.489 e. The number of carbonyl (C=O) groups is 3. The Hall–Kier alpha value is -4.39. The summed E-state index contributed by atoms with van der Waals surface area (Å²) in [5, 5.41) is 2.85. The van der Waals surface area contributed by atoms with Crippen LogP contribution in [0, 0.1) is 13.8 Å². The first-order chi connectivity index (χ1) is 18.8. The Morgan fingerprint density at radius 2 is 1.67 bits per heavy atom. The minimum Gasteiger partial charge on any atom is -0.489 e. The number of aryl methyl sites for hydroxylation is 2. The van der Waals surface area contributed by atoms with Crippen molar-refractivity contribution in [3.63, 3.8) is 0 Å². The second-order valence-corrected chi connectivity index (χ2v) is 9.65. The Balaban J connectivity index is 1.53. The van der Waals surface area contributed by atoms with Gasteiger partial charge in [-0.25, -0.2) is 4.79 Å². The van der Waals surface area contributed by atoms with Crippen LogP contribution < -0.4 is 10.1 Å². The Morgan fingerprint density at radius 3 is 2.33 bits per heavy atom. The highest BCUT2D eigenvalue weighted by Crippen LogP contribution is 2.37. The zero-order chi connectivity index (χ0) is 27.9. The molecular formula is C32H34N2O5. The molecule has 1 aliphatic rings. The molecule has 1 heterocycles. The number of hydrogen-bond acceptors (Lipinski definition) is 5. The van der Waals surface area contributed by atoms with E-state index in [1.54, 1.807) is 13.8 Å². The van der Waals surface area contributed by atoms with Crippen LogP contribution in [0.1, 0.15) is 48.4 Å². The highest BCUT2D eigenvalue weighted by molar-refractivity contribution is 5.99. The van der Waals surface area contributed by atoms with Gasteiger partial charge in [-0.05, 0) is 74.2 Å². The molecular weight excluding hydrogens is 492 g/mol. The van der Waals surface area contributed by atoms with E-state index < -0.39 is 11.9 Å². The fourth-order valence-electron chi connectivity index (χ4n) is 4.66. The van der Waals surface area contributed by atoms with Crippen LogP contribution in [0.4, 0.5) is 5.69 Å². The quantitative estimate of drug-likeness (QED) is 0.363. The summed E-state index contributed by atoms with van der Waals surface area (Å²) >= 11 is 0. The minimum absolute atomic E-state index is 0.0482. The van der Waals surface area contributed by atoms with Crippen LogP contribution in [-0.4, -0.2) is 35.8 Å². The predicted molar refractivity (Wildman–Crippen MR) is 150 cm³/mol. The van der Waals surface area contributed by atoms with Gasteiger partial charge in [-0.3, -0.25) is 9.59 Å². The average Bonchev–Trinajstić information content (AvgIpc) is 2.92. The Bertz CT molecular complexity index is 1380. The molecule has 3 aromatic carbocycles. The van der Waals surface area contributed by atoms with Crippen molar-refractivity contribution >= 4 is 23.5 Å². The monoisotopic (exact) mass is 526 g/mol. The van der Waals surface area contributed by atoms with Crippen molar-refractivity contribution in [1.29, 1.82) is 0 Å². The number of rotatable bonds is 9. The smallest absolute Gasteiger partial charge is 0.336 e. The van der Waals surface area contributed by atoms with Crippen LogP contribution >= 0.6 is 0 Å². The highest BCUT2D eigenvalue weighted by Gasteiger charge is 2.37. The number of hydrogen-bond donors (Lipinski definition) is 1. The number of benzene rings is 3. The van der Waals surface area contributed by atoms with Crippen molar-refractivity contribution in [2.45, 2.75) is 46.6 Å². The molecule has 202 valence electrons. The van der Waals surface area contributed by atoms with E-state index in [9.17, 15) is 14.4 Å². The van der Waals surface area contributed by atoms with E-state index in [1.165, 1.54) is 4.90 Å². The Kier molecular flexibility index (Phi) is 8.81. The number of nitrogens with one attached hydrogen (secondary N) is 1. The molecule has 0 bridgehead atoms. The van der Waals surface area contributed by atoms with E-state index in [0.29, 0.717) is 29.3 Å². The molecule has 0 aromatic heterocycles. The topological polar surface area (TPSA) is 84.9 Å². The van der Waals surface area contributed by atoms with Gasteiger partial charge in [-0.15, -0.1) is 0 Å². The fraction of sp³-hybridized carbons (Fsp3) is 0.281. The summed E-state index contributed by atoms with van der Waals surface area (Å²) in [6.07, 6.45) is 0.0482. The maximum atomic E-state index is 13.3. The molecule has 7 nitrogen and oxygen atoms in total. The normalized spacial score (nSPS) is 15.2. The lowest BCUT2D eigenvalue weighted by atomic mass is 9.83. The molecule has 1 unspecified atom stereocenters. The van der Waals surface area contributed by atoms with Gasteiger partial charge in [0.05, 0.1) is 12.2 Å². The van der Waals surface area contributed by atoms with Gasteiger partial charge in [-0.1, -0.05) is 48.5 Å². The molecule has 1 N–H and O–H groups in total. The number of esters is 1. The summed E-state index contributed by atoms with van der Waals surface area (Å²) in [5.41, 5.74) is 5.51. The molecule has 39 heavy (non-hydrogen) atoms. The molecule has 2 amide bonds. The molecule has 1 atom stereocenters. The highest BCUT2D eigenvalue weighted by atomic mass is 16.5. The maximum absolute atomic E-state index is 13.3. The van der Waals surface area contributed by atoms with Gasteiger partial charge in [0.15, 0.2) is 0 Å². The summed E-state index contributed by atoms with van der Waals surface area (Å²) in [5.74, 6) is -0.860. The van der Waals surface area contributed by atoms with Crippen molar-refractivity contribution in [3.8, 4) is 5.75 Å². The van der Waals surface area contributed by atoms with Crippen LogP contribution in [0.3, 0.4) is 0 Å². The van der Waals surface area contributed by atoms with Crippen molar-refractivity contribution in [2.24, 2.45) is 0 Å². The van der Waals surface area contributed by atoms with E-state index in [-0.39, 0.29) is 31.4 Å². The van der Waals surface area contributed by atoms with Gasteiger partial charge in [0.2, 0.25) is 11.8 Å². The average molecular weight is 527 g/mol. The van der Waals surface area contributed by atoms with Crippen LogP contribution in [0.5, 0.6) is 5.75 Å². The molecule has 4 rings (SSSR count). The summed E-state index contributed by atoms with van der Waals surface area (Å²) in [6, 6.07) is 22.9. The van der Waals surface area contributed by atoms with Gasteiger partial charge in [0.25, 0.3) is 0 Å². The second-order valence-electron chi connectivity index (χ2n) is 9.65. The van der Waals surface area contributed by atoms with E-state index >= 15 is 0 Å². The second kappa shape index (κ2) is 12.4. The van der Waals surface area contributed by atoms with Crippen molar-refractivity contribution in [2.75, 3.05) is 18.5 Å². The van der Waals surface area contributed by atoms with Gasteiger partial charge in [0, 0.05) is 23.7 Å². The van der Waals surface area contributed by atoms with Crippen LogP contribution in [0.25, 0.3) is 0 Å². The van der Waals surface area contributed by atoms with Crippen molar-refractivity contribution < 1.29 is 23.9 Å². The molecule has 1 aliphatic heterocycles. The Labute approximate surface area is 229 Å². The third-order valence-corrected chi connectivity index (χ3v) is 6.94. The van der Waals surface area contributed by atoms with Gasteiger partial charge < -0.3 is 19.7 Å². The summed E-state index contributed by atoms with van der Waals surface area (Å²) in [4.78, 5) is 40.6. The fourth-order valence-corrected chi connectivity index (χ4v) is 4.66. The maximum Gasteiger partial charge on any atom is 0.336 e. The summed E-state index contributed by atoms with van der Waals surface area (Å²) in [6.45, 7) is 7.85. The SMILES string of the molecule is CCOC(=O)C1=C(C)N(CC(=O)Nc2ccc(C)c(C)c2)C(=O)CC1c1ccc(OCc2ccccc2)cc1. The van der Waals surface area contributed by atoms with E-state index in [0.717, 1.165) is 22.3 Å². The summed E-state index contributed by atoms with van der Waals surface area (Å²) < 4.78 is 11.3. The number of nitrogens with zero attached hydrogens (tertiary/aromatic N) is 1. The molecule has 0 spiro atoms. The number of allylic oxidation sites excluding steroid dienone is 1. The molecule has 3 aromatic rings. The zero-order valence-corrected chi connectivity index (χ0v) is 22.8. The number of amides is 2. The molecule has 0 saturated carbocycles. The lowest BCUT2D eigenvalue weighted by Gasteiger charge is -2.34. The van der Waals surface area contributed by atoms with E-state index in [1.807, 2.05) is 86.6 Å². The molecule has 0 fully saturated rings. The van der Waals surface area contributed by atoms with Crippen LogP contribution in [0.2, 0.25) is 0 Å². The zero-order valence-electron chi connectivity index (χ0n) is 22.8. The van der Waals surface area contributed by atoms with E-state index in [4.69, 9.17) is 9.47 Å². The third-order valence-electron chi connectivity index (χ3n) is 6.94. The van der Waals surface area contributed by atoms with E-state index in [2.05, 4.69) is 5.32 Å². The third kappa shape index (κ3) is 6.74. The van der Waals surface area contributed by atoms with Gasteiger partial charge in [0.1, 0.15) is 18.9 Å². The standard InChI is InChI=1S/C32H34N2O5/c1-5-38-32(37)31-23(4)34(19-29(35)33-26-14-11-21(2)22(3)17-26)30(36)18-28(31)25-12-15-27(16-13-25)39-20-24-9-7-6-8-10-24/h6-17,28H,5,18-20H2,1-4H3,(H,33,35). The first-order valence-corrected chi connectivity index (χ1v) is 13.1. The Morgan fingerprint density at radius 1 is 0.949 bits per heavy atom.